The monoisotopic (exact) mass is 404 g/mol. The molecule has 0 radical (unpaired) electrons. The third-order valence-corrected chi connectivity index (χ3v) is 4.55. The molecule has 5 nitrogen and oxygen atoms in total. The maximum absolute atomic E-state index is 11.4. The van der Waals surface area contributed by atoms with Crippen molar-refractivity contribution >= 4 is 37.4 Å². The first-order chi connectivity index (χ1) is 12.9. The van der Waals surface area contributed by atoms with Crippen molar-refractivity contribution in [3.8, 4) is 11.5 Å². The molecule has 2 rings (SSSR count). The van der Waals surface area contributed by atoms with E-state index in [2.05, 4.69) is 20.8 Å². The molecule has 1 atom stereocenters. The molecule has 2 aromatic rings. The van der Waals surface area contributed by atoms with Crippen LogP contribution in [0.1, 0.15) is 24.2 Å². The molecule has 0 heterocycles. The summed E-state index contributed by atoms with van der Waals surface area (Å²) in [6.45, 7) is 7.60. The molecule has 0 amide bonds. The normalized spacial score (nSPS) is 10.5. The topological polar surface area (TPSA) is 62.1 Å². The van der Waals surface area contributed by atoms with Gasteiger partial charge in [-0.3, -0.25) is 0 Å². The zero-order valence-corrected chi connectivity index (χ0v) is 17.9. The number of ether oxygens (including phenoxy) is 1. The van der Waals surface area contributed by atoms with Gasteiger partial charge in [-0.15, -0.1) is 9.24 Å². The van der Waals surface area contributed by atoms with Crippen molar-refractivity contribution in [1.82, 2.24) is 4.90 Å². The fraction of sp³-hybridized carbons (Fsp3) is 0.200. The Bertz CT molecular complexity index is 805. The molecule has 0 aliphatic heterocycles. The minimum Gasteiger partial charge on any atom is -0.478 e. The Morgan fingerprint density at radius 3 is 2.33 bits per heavy atom. The van der Waals surface area contributed by atoms with Crippen LogP contribution >= 0.6 is 21.0 Å². The van der Waals surface area contributed by atoms with E-state index in [1.807, 2.05) is 57.1 Å². The molecule has 0 saturated carbocycles. The van der Waals surface area contributed by atoms with Gasteiger partial charge in [0, 0.05) is 25.2 Å². The predicted octanol–water partition coefficient (Wildman–Crippen LogP) is 4.86. The first kappa shape index (κ1) is 22.7. The minimum absolute atomic E-state index is 0.152. The number of rotatable bonds is 5. The molecule has 1 unspecified atom stereocenters. The SMILES string of the molecule is C=CN=C(Sc1cc(Oc2ccc(P)cc2)cc(C(=O)O)c1)N(C)C.CC. The summed E-state index contributed by atoms with van der Waals surface area (Å²) < 4.78 is 5.81. The summed E-state index contributed by atoms with van der Waals surface area (Å²) in [6.07, 6.45) is 1.45. The molecular weight excluding hydrogens is 379 g/mol. The molecule has 2 aromatic carbocycles. The molecule has 144 valence electrons. The van der Waals surface area contributed by atoms with Crippen molar-refractivity contribution in [2.45, 2.75) is 18.7 Å². The maximum Gasteiger partial charge on any atom is 0.335 e. The molecule has 0 bridgehead atoms. The van der Waals surface area contributed by atoms with Crippen molar-refractivity contribution in [1.29, 1.82) is 0 Å². The Kier molecular flexibility index (Phi) is 9.62. The highest BCUT2D eigenvalue weighted by molar-refractivity contribution is 8.13. The Hall–Kier alpha value is -2.30. The van der Waals surface area contributed by atoms with E-state index in [1.165, 1.54) is 24.0 Å². The van der Waals surface area contributed by atoms with E-state index < -0.39 is 5.97 Å². The lowest BCUT2D eigenvalue weighted by atomic mass is 10.2. The number of nitrogens with zero attached hydrogens (tertiary/aromatic N) is 2. The van der Waals surface area contributed by atoms with Crippen LogP contribution in [-0.2, 0) is 0 Å². The lowest BCUT2D eigenvalue weighted by molar-refractivity contribution is 0.0696. The number of benzene rings is 2. The van der Waals surface area contributed by atoms with Crippen molar-refractivity contribution in [2.24, 2.45) is 4.99 Å². The Labute approximate surface area is 167 Å². The number of thioether (sulfide) groups is 1. The lowest BCUT2D eigenvalue weighted by Gasteiger charge is -2.15. The van der Waals surface area contributed by atoms with Gasteiger partial charge >= 0.3 is 5.97 Å². The van der Waals surface area contributed by atoms with Gasteiger partial charge in [-0.1, -0.05) is 44.3 Å². The first-order valence-corrected chi connectivity index (χ1v) is 9.74. The van der Waals surface area contributed by atoms with Crippen LogP contribution in [0.3, 0.4) is 0 Å². The second-order valence-corrected chi connectivity index (χ2v) is 6.97. The summed E-state index contributed by atoms with van der Waals surface area (Å²) >= 11 is 1.34. The van der Waals surface area contributed by atoms with Crippen molar-refractivity contribution < 1.29 is 14.6 Å². The number of carboxylic acids is 1. The van der Waals surface area contributed by atoms with E-state index in [1.54, 1.807) is 12.1 Å². The van der Waals surface area contributed by atoms with Gasteiger partial charge in [0.1, 0.15) is 11.5 Å². The number of hydrogen-bond acceptors (Lipinski definition) is 4. The lowest BCUT2D eigenvalue weighted by Crippen LogP contribution is -2.18. The van der Waals surface area contributed by atoms with Crippen LogP contribution in [0, 0.1) is 0 Å². The molecule has 0 aliphatic carbocycles. The van der Waals surface area contributed by atoms with Gasteiger partial charge in [-0.05, 0) is 35.6 Å². The summed E-state index contributed by atoms with van der Waals surface area (Å²) in [5, 5.41) is 11.1. The van der Waals surface area contributed by atoms with E-state index in [0.29, 0.717) is 21.6 Å². The van der Waals surface area contributed by atoms with Gasteiger partial charge in [0.2, 0.25) is 0 Å². The molecular formula is C20H25N2O3PS. The number of hydrogen-bond donors (Lipinski definition) is 1. The van der Waals surface area contributed by atoms with Gasteiger partial charge in [0.25, 0.3) is 0 Å². The van der Waals surface area contributed by atoms with E-state index in [9.17, 15) is 9.90 Å². The van der Waals surface area contributed by atoms with Crippen LogP contribution in [0.15, 0.2) is 65.1 Å². The number of carboxylic acid groups (broad SMARTS) is 1. The Morgan fingerprint density at radius 1 is 1.19 bits per heavy atom. The number of aromatic carboxylic acids is 1. The van der Waals surface area contributed by atoms with Gasteiger partial charge in [0.15, 0.2) is 5.17 Å². The largest absolute Gasteiger partial charge is 0.478 e. The highest BCUT2D eigenvalue weighted by Crippen LogP contribution is 2.30. The van der Waals surface area contributed by atoms with Crippen LogP contribution in [0.4, 0.5) is 0 Å². The smallest absolute Gasteiger partial charge is 0.335 e. The predicted molar refractivity (Wildman–Crippen MR) is 118 cm³/mol. The summed E-state index contributed by atoms with van der Waals surface area (Å²) in [6, 6.07) is 12.3. The summed E-state index contributed by atoms with van der Waals surface area (Å²) in [5.41, 5.74) is 0.152. The van der Waals surface area contributed by atoms with Crippen molar-refractivity contribution in [3.05, 3.63) is 60.8 Å². The highest BCUT2D eigenvalue weighted by atomic mass is 32.2. The van der Waals surface area contributed by atoms with Crippen LogP contribution < -0.4 is 10.0 Å². The minimum atomic E-state index is -1.01. The van der Waals surface area contributed by atoms with Gasteiger partial charge < -0.3 is 14.7 Å². The van der Waals surface area contributed by atoms with Crippen molar-refractivity contribution in [3.63, 3.8) is 0 Å². The van der Waals surface area contributed by atoms with Gasteiger partial charge in [-0.2, -0.15) is 0 Å². The average Bonchev–Trinajstić information content (AvgIpc) is 2.64. The summed E-state index contributed by atoms with van der Waals surface area (Å²) in [4.78, 5) is 18.2. The van der Waals surface area contributed by atoms with Crippen LogP contribution in [0.2, 0.25) is 0 Å². The first-order valence-electron chi connectivity index (χ1n) is 8.34. The molecule has 27 heavy (non-hydrogen) atoms. The molecule has 0 aliphatic rings. The quantitative estimate of drug-likeness (QED) is 0.334. The molecule has 7 heteroatoms. The van der Waals surface area contributed by atoms with Crippen LogP contribution in [0.5, 0.6) is 11.5 Å². The number of amidine groups is 1. The fourth-order valence-electron chi connectivity index (χ4n) is 1.90. The molecule has 0 fully saturated rings. The van der Waals surface area contributed by atoms with Crippen LogP contribution in [0.25, 0.3) is 0 Å². The standard InChI is InChI=1S/C18H19N2O3PS.C2H6/c1-4-19-18(20(2)3)25-16-10-12(17(21)22)9-14(11-16)23-13-5-7-15(24)8-6-13;1-2/h4-11H,1,24H2,2-3H3,(H,21,22);1-2H3. The molecule has 0 spiro atoms. The second-order valence-electron chi connectivity index (χ2n) is 5.26. The zero-order chi connectivity index (χ0) is 20.4. The number of aliphatic imine (C=N–C) groups is 1. The summed E-state index contributed by atoms with van der Waals surface area (Å²) in [5.74, 6) is 0.0764. The van der Waals surface area contributed by atoms with Crippen molar-refractivity contribution in [2.75, 3.05) is 14.1 Å². The van der Waals surface area contributed by atoms with E-state index >= 15 is 0 Å². The third-order valence-electron chi connectivity index (χ3n) is 3.04. The molecule has 0 aromatic heterocycles. The Balaban J connectivity index is 0.00000176. The van der Waals surface area contributed by atoms with Crippen LogP contribution in [-0.4, -0.2) is 35.2 Å². The van der Waals surface area contributed by atoms with E-state index in [0.717, 1.165) is 5.30 Å². The third kappa shape index (κ3) is 7.45. The summed E-state index contributed by atoms with van der Waals surface area (Å²) in [7, 11) is 6.32. The molecule has 0 saturated heterocycles. The maximum atomic E-state index is 11.4. The average molecular weight is 404 g/mol. The number of carbonyl (C=O) groups is 1. The highest BCUT2D eigenvalue weighted by Gasteiger charge is 2.12. The van der Waals surface area contributed by atoms with E-state index in [-0.39, 0.29) is 5.56 Å². The Morgan fingerprint density at radius 2 is 1.81 bits per heavy atom. The van der Waals surface area contributed by atoms with E-state index in [4.69, 9.17) is 4.74 Å². The van der Waals surface area contributed by atoms with Gasteiger partial charge in [0.05, 0.1) is 5.56 Å². The molecule has 1 N–H and O–H groups in total. The fourth-order valence-corrected chi connectivity index (χ4v) is 2.98. The zero-order valence-electron chi connectivity index (χ0n) is 16.0. The van der Waals surface area contributed by atoms with Gasteiger partial charge in [-0.25, -0.2) is 9.79 Å². The second kappa shape index (κ2) is 11.4.